The number of nitrogens with zero attached hydrogens (tertiary/aromatic N) is 2. The van der Waals surface area contributed by atoms with Crippen molar-refractivity contribution in [3.05, 3.63) is 18.0 Å². The summed E-state index contributed by atoms with van der Waals surface area (Å²) in [4.78, 5) is 11.6. The van der Waals surface area contributed by atoms with Crippen LogP contribution in [0.4, 0.5) is 4.79 Å². The molecule has 0 fully saturated rings. The normalized spacial score (nSPS) is 12.4. The maximum absolute atomic E-state index is 11.6. The van der Waals surface area contributed by atoms with Crippen molar-refractivity contribution in [3.8, 4) is 0 Å². The number of hydrogen-bond acceptors (Lipinski definition) is 6. The first-order chi connectivity index (χ1) is 8.07. The Labute approximate surface area is 106 Å². The fraction of sp³-hybridized carbons (Fsp3) is 0.600. The van der Waals surface area contributed by atoms with E-state index < -0.39 is 21.8 Å². The summed E-state index contributed by atoms with van der Waals surface area (Å²) in [5.74, 6) is 0. The predicted octanol–water partition coefficient (Wildman–Crippen LogP) is 1.14. The van der Waals surface area contributed by atoms with Gasteiger partial charge in [0.25, 0.3) is 10.1 Å². The van der Waals surface area contributed by atoms with Gasteiger partial charge < -0.3 is 4.74 Å². The van der Waals surface area contributed by atoms with Gasteiger partial charge in [0.1, 0.15) is 12.2 Å². The summed E-state index contributed by atoms with van der Waals surface area (Å²) < 4.78 is 32.2. The van der Waals surface area contributed by atoms with Gasteiger partial charge in [0.2, 0.25) is 0 Å². The topological polar surface area (TPSA) is 87.5 Å². The largest absolute Gasteiger partial charge is 0.442 e. The quantitative estimate of drug-likeness (QED) is 0.769. The van der Waals surface area contributed by atoms with Gasteiger partial charge in [0, 0.05) is 6.20 Å². The summed E-state index contributed by atoms with van der Waals surface area (Å²) in [5.41, 5.74) is -0.293. The monoisotopic (exact) mass is 276 g/mol. The molecule has 0 unspecified atom stereocenters. The molecule has 102 valence electrons. The maximum Gasteiger partial charge on any atom is 0.435 e. The van der Waals surface area contributed by atoms with Gasteiger partial charge >= 0.3 is 6.09 Å². The van der Waals surface area contributed by atoms with E-state index in [-0.39, 0.29) is 6.61 Å². The average molecular weight is 276 g/mol. The SMILES string of the molecule is CC(C)(C)OC(=O)n1ccc(COS(C)(=O)=O)n1. The Balaban J connectivity index is 2.66. The third-order valence-electron chi connectivity index (χ3n) is 1.65. The molecule has 0 amide bonds. The van der Waals surface area contributed by atoms with Crippen molar-refractivity contribution in [1.29, 1.82) is 0 Å². The van der Waals surface area contributed by atoms with E-state index in [1.165, 1.54) is 12.3 Å². The third kappa shape index (κ3) is 5.28. The van der Waals surface area contributed by atoms with Crippen LogP contribution in [0.5, 0.6) is 0 Å². The van der Waals surface area contributed by atoms with Crippen LogP contribution in [0.25, 0.3) is 0 Å². The van der Waals surface area contributed by atoms with E-state index in [1.807, 2.05) is 0 Å². The zero-order valence-corrected chi connectivity index (χ0v) is 11.5. The molecule has 0 spiro atoms. The maximum atomic E-state index is 11.6. The molecule has 7 nitrogen and oxygen atoms in total. The fourth-order valence-corrected chi connectivity index (χ4v) is 1.35. The van der Waals surface area contributed by atoms with Gasteiger partial charge in [-0.05, 0) is 26.8 Å². The van der Waals surface area contributed by atoms with Crippen LogP contribution in [0, 0.1) is 0 Å². The molecule has 1 heterocycles. The molecule has 0 bridgehead atoms. The van der Waals surface area contributed by atoms with E-state index >= 15 is 0 Å². The molecular formula is C10H16N2O5S. The summed E-state index contributed by atoms with van der Waals surface area (Å²) in [5, 5.41) is 3.85. The molecule has 8 heteroatoms. The van der Waals surface area contributed by atoms with Gasteiger partial charge in [-0.1, -0.05) is 0 Å². The first-order valence-electron chi connectivity index (χ1n) is 5.19. The van der Waals surface area contributed by atoms with Gasteiger partial charge in [-0.3, -0.25) is 4.18 Å². The number of carbonyl (C=O) groups is 1. The Kier molecular flexibility index (Phi) is 4.12. The molecule has 0 atom stereocenters. The smallest absolute Gasteiger partial charge is 0.435 e. The zero-order valence-electron chi connectivity index (χ0n) is 10.7. The molecule has 0 aliphatic rings. The van der Waals surface area contributed by atoms with Gasteiger partial charge in [0.15, 0.2) is 0 Å². The minimum absolute atomic E-state index is 0.214. The van der Waals surface area contributed by atoms with Gasteiger partial charge in [-0.15, -0.1) is 0 Å². The zero-order chi connectivity index (χ0) is 14.0. The van der Waals surface area contributed by atoms with Crippen molar-refractivity contribution in [2.45, 2.75) is 33.0 Å². The van der Waals surface area contributed by atoms with Crippen LogP contribution in [0.2, 0.25) is 0 Å². The molecule has 0 aliphatic heterocycles. The summed E-state index contributed by atoms with van der Waals surface area (Å²) in [7, 11) is -3.53. The molecule has 1 aromatic heterocycles. The highest BCUT2D eigenvalue weighted by Gasteiger charge is 2.18. The lowest BCUT2D eigenvalue weighted by Crippen LogP contribution is -2.27. The molecule has 0 radical (unpaired) electrons. The first-order valence-corrected chi connectivity index (χ1v) is 7.01. The first kappa shape index (κ1) is 14.7. The van der Waals surface area contributed by atoms with Crippen LogP contribution < -0.4 is 0 Å². The Hall–Kier alpha value is -1.41. The Morgan fingerprint density at radius 1 is 1.44 bits per heavy atom. The summed E-state index contributed by atoms with van der Waals surface area (Å²) in [6, 6.07) is 1.48. The second kappa shape index (κ2) is 5.07. The summed E-state index contributed by atoms with van der Waals surface area (Å²) >= 11 is 0. The molecule has 1 rings (SSSR count). The molecule has 0 saturated heterocycles. The van der Waals surface area contributed by atoms with Gasteiger partial charge in [-0.25, -0.2) is 4.79 Å². The van der Waals surface area contributed by atoms with Crippen molar-refractivity contribution in [2.24, 2.45) is 0 Å². The van der Waals surface area contributed by atoms with E-state index in [0.717, 1.165) is 10.9 Å². The Morgan fingerprint density at radius 2 is 2.06 bits per heavy atom. The van der Waals surface area contributed by atoms with E-state index in [0.29, 0.717) is 5.69 Å². The Bertz CT molecular complexity index is 527. The number of carbonyl (C=O) groups excluding carboxylic acids is 1. The molecule has 0 aliphatic carbocycles. The molecule has 18 heavy (non-hydrogen) atoms. The van der Waals surface area contributed by atoms with Crippen LogP contribution in [-0.4, -0.2) is 36.1 Å². The minimum atomic E-state index is -3.53. The van der Waals surface area contributed by atoms with Crippen LogP contribution >= 0.6 is 0 Å². The van der Waals surface area contributed by atoms with E-state index in [9.17, 15) is 13.2 Å². The van der Waals surface area contributed by atoms with Crippen molar-refractivity contribution < 1.29 is 22.1 Å². The second-order valence-electron chi connectivity index (χ2n) is 4.70. The molecule has 1 aromatic rings. The van der Waals surface area contributed by atoms with Crippen molar-refractivity contribution in [2.75, 3.05) is 6.26 Å². The van der Waals surface area contributed by atoms with Crippen LogP contribution in [0.1, 0.15) is 26.5 Å². The standard InChI is InChI=1S/C10H16N2O5S/c1-10(2,3)17-9(13)12-6-5-8(11-12)7-16-18(4,14)15/h5-6H,7H2,1-4H3. The molecule has 0 N–H and O–H groups in total. The number of ether oxygens (including phenoxy) is 1. The third-order valence-corrected chi connectivity index (χ3v) is 2.19. The molecule has 0 aromatic carbocycles. The Morgan fingerprint density at radius 3 is 2.56 bits per heavy atom. The van der Waals surface area contributed by atoms with E-state index in [4.69, 9.17) is 4.74 Å². The summed E-state index contributed by atoms with van der Waals surface area (Å²) in [6.45, 7) is 5.00. The van der Waals surface area contributed by atoms with Crippen molar-refractivity contribution >= 4 is 16.2 Å². The molecule has 0 saturated carbocycles. The van der Waals surface area contributed by atoms with Crippen LogP contribution in [0.15, 0.2) is 12.3 Å². The highest BCUT2D eigenvalue weighted by atomic mass is 32.2. The minimum Gasteiger partial charge on any atom is -0.442 e. The fourth-order valence-electron chi connectivity index (χ4n) is 1.02. The van der Waals surface area contributed by atoms with Crippen LogP contribution in [-0.2, 0) is 25.6 Å². The summed E-state index contributed by atoms with van der Waals surface area (Å²) in [6.07, 6.45) is 1.69. The number of aromatic nitrogens is 2. The predicted molar refractivity (Wildman–Crippen MR) is 63.5 cm³/mol. The van der Waals surface area contributed by atoms with Gasteiger partial charge in [-0.2, -0.15) is 18.2 Å². The highest BCUT2D eigenvalue weighted by molar-refractivity contribution is 7.85. The van der Waals surface area contributed by atoms with Gasteiger partial charge in [0.05, 0.1) is 11.9 Å². The molecular weight excluding hydrogens is 260 g/mol. The van der Waals surface area contributed by atoms with E-state index in [1.54, 1.807) is 20.8 Å². The number of rotatable bonds is 3. The van der Waals surface area contributed by atoms with Crippen LogP contribution in [0.3, 0.4) is 0 Å². The lowest BCUT2D eigenvalue weighted by molar-refractivity contribution is 0.0513. The highest BCUT2D eigenvalue weighted by Crippen LogP contribution is 2.09. The average Bonchev–Trinajstić information content (AvgIpc) is 2.58. The number of hydrogen-bond donors (Lipinski definition) is 0. The lowest BCUT2D eigenvalue weighted by atomic mass is 10.2. The van der Waals surface area contributed by atoms with Crippen molar-refractivity contribution in [1.82, 2.24) is 9.78 Å². The van der Waals surface area contributed by atoms with E-state index in [2.05, 4.69) is 9.28 Å². The van der Waals surface area contributed by atoms with Crippen molar-refractivity contribution in [3.63, 3.8) is 0 Å². The second-order valence-corrected chi connectivity index (χ2v) is 6.34. The lowest BCUT2D eigenvalue weighted by Gasteiger charge is -2.18.